The first-order chi connectivity index (χ1) is 7.15. The molecule has 1 aromatic rings. The molecule has 0 bridgehead atoms. The van der Waals surface area contributed by atoms with Gasteiger partial charge in [-0.3, -0.25) is 0 Å². The summed E-state index contributed by atoms with van der Waals surface area (Å²) in [5.74, 6) is 1.75. The molecule has 0 aliphatic heterocycles. The normalized spacial score (nSPS) is 31.8. The first kappa shape index (κ1) is 10.5. The Balaban J connectivity index is 1.98. The molecule has 84 valence electrons. The van der Waals surface area contributed by atoms with Crippen molar-refractivity contribution in [2.24, 2.45) is 18.9 Å². The first-order valence-corrected chi connectivity index (χ1v) is 5.56. The molecule has 0 spiro atoms. The van der Waals surface area contributed by atoms with Gasteiger partial charge in [0, 0.05) is 6.42 Å². The molecule has 1 fully saturated rings. The number of rotatable bonds is 2. The van der Waals surface area contributed by atoms with Gasteiger partial charge >= 0.3 is 0 Å². The van der Waals surface area contributed by atoms with Crippen LogP contribution in [-0.2, 0) is 13.5 Å². The van der Waals surface area contributed by atoms with Crippen LogP contribution in [0.5, 0.6) is 0 Å². The molecule has 0 radical (unpaired) electrons. The zero-order chi connectivity index (χ0) is 10.8. The van der Waals surface area contributed by atoms with Gasteiger partial charge in [-0.1, -0.05) is 6.92 Å². The number of tetrazole rings is 1. The van der Waals surface area contributed by atoms with Crippen LogP contribution in [0.1, 0.15) is 32.0 Å². The zero-order valence-corrected chi connectivity index (χ0v) is 9.30. The standard InChI is InChI=1S/C10H18N4O/c1-7-3-4-9(15)8(5-7)6-10-11-13-14(2)12-10/h7-9,15H,3-6H2,1-2H3. The van der Waals surface area contributed by atoms with E-state index in [1.807, 2.05) is 0 Å². The van der Waals surface area contributed by atoms with Crippen LogP contribution in [0, 0.1) is 11.8 Å². The van der Waals surface area contributed by atoms with Crippen LogP contribution >= 0.6 is 0 Å². The van der Waals surface area contributed by atoms with Crippen LogP contribution in [0.3, 0.4) is 0 Å². The van der Waals surface area contributed by atoms with Gasteiger partial charge in [0.2, 0.25) is 0 Å². The number of aryl methyl sites for hydroxylation is 1. The summed E-state index contributed by atoms with van der Waals surface area (Å²) in [6.07, 6.45) is 3.67. The Hall–Kier alpha value is -0.970. The lowest BCUT2D eigenvalue weighted by Gasteiger charge is -2.30. The highest BCUT2D eigenvalue weighted by atomic mass is 16.3. The quantitative estimate of drug-likeness (QED) is 0.774. The Morgan fingerprint density at radius 1 is 1.47 bits per heavy atom. The predicted molar refractivity (Wildman–Crippen MR) is 55.0 cm³/mol. The number of aliphatic hydroxyl groups is 1. The first-order valence-electron chi connectivity index (χ1n) is 5.56. The van der Waals surface area contributed by atoms with E-state index in [-0.39, 0.29) is 6.10 Å². The molecule has 3 unspecified atom stereocenters. The molecule has 5 heteroatoms. The average molecular weight is 210 g/mol. The van der Waals surface area contributed by atoms with E-state index in [0.717, 1.165) is 31.5 Å². The molecule has 1 N–H and O–H groups in total. The summed E-state index contributed by atoms with van der Waals surface area (Å²) < 4.78 is 0. The summed E-state index contributed by atoms with van der Waals surface area (Å²) in [6.45, 7) is 2.24. The lowest BCUT2D eigenvalue weighted by molar-refractivity contribution is 0.0509. The zero-order valence-electron chi connectivity index (χ0n) is 9.30. The van der Waals surface area contributed by atoms with Crippen molar-refractivity contribution < 1.29 is 5.11 Å². The van der Waals surface area contributed by atoms with Crippen LogP contribution in [0.4, 0.5) is 0 Å². The van der Waals surface area contributed by atoms with E-state index >= 15 is 0 Å². The largest absolute Gasteiger partial charge is 0.393 e. The van der Waals surface area contributed by atoms with Crippen LogP contribution in [0.15, 0.2) is 0 Å². The third kappa shape index (κ3) is 2.53. The maximum atomic E-state index is 9.87. The highest BCUT2D eigenvalue weighted by Gasteiger charge is 2.28. The Bertz CT molecular complexity index is 325. The highest BCUT2D eigenvalue weighted by molar-refractivity contribution is 4.87. The lowest BCUT2D eigenvalue weighted by Crippen LogP contribution is -2.30. The van der Waals surface area contributed by atoms with Crippen molar-refractivity contribution in [3.8, 4) is 0 Å². The van der Waals surface area contributed by atoms with E-state index < -0.39 is 0 Å². The van der Waals surface area contributed by atoms with Gasteiger partial charge in [0.25, 0.3) is 0 Å². The monoisotopic (exact) mass is 210 g/mol. The molecule has 1 aliphatic carbocycles. The number of aliphatic hydroxyl groups excluding tert-OH is 1. The SMILES string of the molecule is CC1CCC(O)C(Cc2nnn(C)n2)C1. The molecule has 3 atom stereocenters. The smallest absolute Gasteiger partial charge is 0.175 e. The molecule has 0 amide bonds. The van der Waals surface area contributed by atoms with Gasteiger partial charge < -0.3 is 5.11 Å². The van der Waals surface area contributed by atoms with Crippen molar-refractivity contribution in [3.05, 3.63) is 5.82 Å². The topological polar surface area (TPSA) is 63.8 Å². The molecule has 0 saturated heterocycles. The minimum atomic E-state index is -0.190. The summed E-state index contributed by atoms with van der Waals surface area (Å²) >= 11 is 0. The van der Waals surface area contributed by atoms with Gasteiger partial charge in [0.1, 0.15) is 0 Å². The molecule has 5 nitrogen and oxygen atoms in total. The second-order valence-corrected chi connectivity index (χ2v) is 4.64. The number of hydrogen-bond acceptors (Lipinski definition) is 4. The third-order valence-electron chi connectivity index (χ3n) is 3.20. The van der Waals surface area contributed by atoms with Crippen molar-refractivity contribution >= 4 is 0 Å². The van der Waals surface area contributed by atoms with Crippen LogP contribution in [0.2, 0.25) is 0 Å². The van der Waals surface area contributed by atoms with Gasteiger partial charge in [-0.05, 0) is 36.3 Å². The lowest BCUT2D eigenvalue weighted by atomic mass is 9.79. The van der Waals surface area contributed by atoms with Gasteiger partial charge in [-0.15, -0.1) is 10.2 Å². The molecule has 1 aliphatic rings. The highest BCUT2D eigenvalue weighted by Crippen LogP contribution is 2.30. The van der Waals surface area contributed by atoms with Crippen LogP contribution in [-0.4, -0.2) is 31.4 Å². The molecular formula is C10H18N4O. The predicted octanol–water partition coefficient (Wildman–Crippen LogP) is 0.550. The van der Waals surface area contributed by atoms with Crippen molar-refractivity contribution in [2.75, 3.05) is 0 Å². The van der Waals surface area contributed by atoms with Crippen molar-refractivity contribution in [3.63, 3.8) is 0 Å². The molecule has 15 heavy (non-hydrogen) atoms. The van der Waals surface area contributed by atoms with E-state index in [0.29, 0.717) is 11.8 Å². The minimum Gasteiger partial charge on any atom is -0.393 e. The molecule has 1 aromatic heterocycles. The summed E-state index contributed by atoms with van der Waals surface area (Å²) in [7, 11) is 1.76. The van der Waals surface area contributed by atoms with E-state index in [1.54, 1.807) is 7.05 Å². The van der Waals surface area contributed by atoms with Crippen LogP contribution < -0.4 is 0 Å². The van der Waals surface area contributed by atoms with E-state index in [4.69, 9.17) is 0 Å². The minimum absolute atomic E-state index is 0.190. The van der Waals surface area contributed by atoms with Crippen LogP contribution in [0.25, 0.3) is 0 Å². The van der Waals surface area contributed by atoms with Gasteiger partial charge in [-0.2, -0.15) is 4.80 Å². The molecular weight excluding hydrogens is 192 g/mol. The Morgan fingerprint density at radius 3 is 2.93 bits per heavy atom. The Labute approximate surface area is 89.5 Å². The van der Waals surface area contributed by atoms with E-state index in [9.17, 15) is 5.11 Å². The number of nitrogens with zero attached hydrogens (tertiary/aromatic N) is 4. The second-order valence-electron chi connectivity index (χ2n) is 4.64. The van der Waals surface area contributed by atoms with Crippen molar-refractivity contribution in [2.45, 2.75) is 38.7 Å². The third-order valence-corrected chi connectivity index (χ3v) is 3.20. The van der Waals surface area contributed by atoms with Gasteiger partial charge in [-0.25, -0.2) is 0 Å². The summed E-state index contributed by atoms with van der Waals surface area (Å²) in [6, 6.07) is 0. The van der Waals surface area contributed by atoms with Crippen molar-refractivity contribution in [1.29, 1.82) is 0 Å². The summed E-state index contributed by atoms with van der Waals surface area (Å²) in [5.41, 5.74) is 0. The fourth-order valence-electron chi connectivity index (χ4n) is 2.34. The Morgan fingerprint density at radius 2 is 2.27 bits per heavy atom. The number of aromatic nitrogens is 4. The Kier molecular flexibility index (Phi) is 3.00. The van der Waals surface area contributed by atoms with E-state index in [1.165, 1.54) is 4.80 Å². The summed E-state index contributed by atoms with van der Waals surface area (Å²) in [4.78, 5) is 1.47. The molecule has 1 heterocycles. The van der Waals surface area contributed by atoms with E-state index in [2.05, 4.69) is 22.3 Å². The fraction of sp³-hybridized carbons (Fsp3) is 0.900. The average Bonchev–Trinajstić information content (AvgIpc) is 2.58. The van der Waals surface area contributed by atoms with Gasteiger partial charge in [0.15, 0.2) is 5.82 Å². The second kappa shape index (κ2) is 4.26. The van der Waals surface area contributed by atoms with Gasteiger partial charge in [0.05, 0.1) is 13.2 Å². The molecule has 2 rings (SSSR count). The number of hydrogen-bond donors (Lipinski definition) is 1. The molecule has 1 saturated carbocycles. The van der Waals surface area contributed by atoms with Crippen molar-refractivity contribution in [1.82, 2.24) is 20.2 Å². The summed E-state index contributed by atoms with van der Waals surface area (Å²) in [5, 5.41) is 21.8. The maximum absolute atomic E-state index is 9.87. The fourth-order valence-corrected chi connectivity index (χ4v) is 2.34. The maximum Gasteiger partial charge on any atom is 0.175 e. The molecule has 0 aromatic carbocycles.